The number of hydrogen-bond acceptors (Lipinski definition) is 5. The van der Waals surface area contributed by atoms with Crippen LogP contribution in [-0.2, 0) is 0 Å². The third-order valence-electron chi connectivity index (χ3n) is 21.7. The van der Waals surface area contributed by atoms with E-state index in [0.29, 0.717) is 23.4 Å². The van der Waals surface area contributed by atoms with Gasteiger partial charge in [0.1, 0.15) is 0 Å². The molecule has 0 aliphatic carbocycles. The Bertz CT molecular complexity index is 7280. The lowest BCUT2D eigenvalue weighted by atomic mass is 10.0. The molecule has 16 aromatic carbocycles. The third kappa shape index (κ3) is 11.5. The fraction of sp³-hybridized carbons (Fsp3) is 0. The monoisotopic (exact) mass is 1430 g/mol. The molecule has 0 bridgehead atoms. The lowest BCUT2D eigenvalue weighted by molar-refractivity contribution is 0.953. The third-order valence-corrected chi connectivity index (χ3v) is 21.7. The van der Waals surface area contributed by atoms with Crippen molar-refractivity contribution in [1.29, 1.82) is 0 Å². The Kier molecular flexibility index (Phi) is 16.0. The molecule has 22 rings (SSSR count). The summed E-state index contributed by atoms with van der Waals surface area (Å²) in [6, 6.07) is 144. The maximum Gasteiger partial charge on any atom is 0.238 e. The minimum absolute atomic E-state index is 0.590. The van der Waals surface area contributed by atoms with Crippen molar-refractivity contribution in [3.05, 3.63) is 406 Å². The van der Waals surface area contributed by atoms with E-state index in [9.17, 15) is 0 Å². The minimum Gasteiger partial charge on any atom is -0.309 e. The molecule has 0 atom stereocenters. The van der Waals surface area contributed by atoms with Gasteiger partial charge in [0, 0.05) is 88.0 Å². The topological polar surface area (TPSA) is 84.2 Å². The molecular weight excluding hydrogens is 1360 g/mol. The van der Waals surface area contributed by atoms with Crippen molar-refractivity contribution < 1.29 is 0 Å². The molecule has 112 heavy (non-hydrogen) atoms. The van der Waals surface area contributed by atoms with E-state index >= 15 is 0 Å². The Hall–Kier alpha value is -15.2. The van der Waals surface area contributed by atoms with Crippen molar-refractivity contribution in [2.45, 2.75) is 0 Å². The Morgan fingerprint density at radius 2 is 0.411 bits per heavy atom. The molecule has 0 aliphatic rings. The fourth-order valence-electron chi connectivity index (χ4n) is 16.4. The zero-order valence-electron chi connectivity index (χ0n) is 60.7. The summed E-state index contributed by atoms with van der Waals surface area (Å²) in [5.41, 5.74) is 26.4. The first kappa shape index (κ1) is 65.1. The van der Waals surface area contributed by atoms with Crippen molar-refractivity contribution in [3.8, 4) is 113 Å². The normalized spacial score (nSPS) is 11.6. The molecule has 0 unspecified atom stereocenters. The molecule has 6 aromatic heterocycles. The molecule has 6 heterocycles. The second-order valence-electron chi connectivity index (χ2n) is 28.3. The van der Waals surface area contributed by atoms with E-state index in [0.717, 1.165) is 89.2 Å². The van der Waals surface area contributed by atoms with Gasteiger partial charge in [-0.15, -0.1) is 0 Å². The van der Waals surface area contributed by atoms with Gasteiger partial charge in [-0.2, -0.15) is 9.97 Å². The van der Waals surface area contributed by atoms with Gasteiger partial charge < -0.3 is 13.7 Å². The van der Waals surface area contributed by atoms with E-state index < -0.39 is 0 Å². The number of para-hydroxylation sites is 6. The highest BCUT2D eigenvalue weighted by Gasteiger charge is 2.22. The summed E-state index contributed by atoms with van der Waals surface area (Å²) in [4.78, 5) is 25.3. The number of rotatable bonds is 12. The Balaban J connectivity index is 0.000000145. The van der Waals surface area contributed by atoms with Crippen molar-refractivity contribution >= 4 is 87.2 Å². The van der Waals surface area contributed by atoms with Gasteiger partial charge in [0.25, 0.3) is 0 Å². The summed E-state index contributed by atoms with van der Waals surface area (Å²) < 4.78 is 9.27. The van der Waals surface area contributed by atoms with Gasteiger partial charge in [0.2, 0.25) is 5.95 Å². The highest BCUT2D eigenvalue weighted by Crippen LogP contribution is 2.42. The van der Waals surface area contributed by atoms with E-state index in [1.54, 1.807) is 0 Å². The van der Waals surface area contributed by atoms with Gasteiger partial charge >= 0.3 is 0 Å². The predicted molar refractivity (Wildman–Crippen MR) is 463 cm³/mol. The average molecular weight is 1430 g/mol. The molecule has 9 heteroatoms. The molecule has 0 saturated carbocycles. The van der Waals surface area contributed by atoms with E-state index in [2.05, 4.69) is 340 Å². The molecule has 0 spiro atoms. The maximum absolute atomic E-state index is 5.14. The van der Waals surface area contributed by atoms with Gasteiger partial charge in [-0.1, -0.05) is 285 Å². The number of benzene rings is 16. The highest BCUT2D eigenvalue weighted by atomic mass is 15.2. The molecular formula is C103H67N9. The molecule has 0 N–H and O–H groups in total. The largest absolute Gasteiger partial charge is 0.309 e. The molecule has 0 radical (unpaired) electrons. The first-order chi connectivity index (χ1) is 55.5. The predicted octanol–water partition coefficient (Wildman–Crippen LogP) is 26.1. The first-order valence-electron chi connectivity index (χ1n) is 37.9. The summed E-state index contributed by atoms with van der Waals surface area (Å²) in [7, 11) is 0. The van der Waals surface area contributed by atoms with Crippen LogP contribution in [0.4, 0.5) is 0 Å². The lowest BCUT2D eigenvalue weighted by Gasteiger charge is -2.12. The van der Waals surface area contributed by atoms with Crippen LogP contribution in [0, 0.1) is 0 Å². The van der Waals surface area contributed by atoms with Crippen LogP contribution < -0.4 is 0 Å². The van der Waals surface area contributed by atoms with E-state index in [1.165, 1.54) is 87.7 Å². The SMILES string of the molecule is c1ccc(-c2cccc(-c3cc(-c4ccc(-n5c6ccccc6c6cc(-c7ccc8c(c7)c7ccccc7n8-c7ccccc7)ccc65)cc4)nc(-c4ccccc4)n3)c2)cc1.c1ccc(-c2nc(-c3ccccc3)nc(-n3c4ccccc4c4cc(-c5ccc6c(c5)c5ccccc5n6-c5ccccc5)ccc43)n2)cc1. The molecule has 22 aromatic rings. The van der Waals surface area contributed by atoms with Crippen LogP contribution in [0.1, 0.15) is 0 Å². The van der Waals surface area contributed by atoms with Crippen LogP contribution in [0.15, 0.2) is 406 Å². The van der Waals surface area contributed by atoms with Crippen LogP contribution in [-0.4, -0.2) is 43.2 Å². The van der Waals surface area contributed by atoms with Crippen LogP contribution in [0.2, 0.25) is 0 Å². The van der Waals surface area contributed by atoms with Crippen LogP contribution in [0.3, 0.4) is 0 Å². The van der Waals surface area contributed by atoms with Crippen molar-refractivity contribution in [3.63, 3.8) is 0 Å². The summed E-state index contributed by atoms with van der Waals surface area (Å²) in [5.74, 6) is 2.57. The second-order valence-corrected chi connectivity index (χ2v) is 28.3. The van der Waals surface area contributed by atoms with E-state index in [4.69, 9.17) is 24.9 Å². The highest BCUT2D eigenvalue weighted by molar-refractivity contribution is 6.15. The van der Waals surface area contributed by atoms with Gasteiger partial charge in [0.05, 0.1) is 55.5 Å². The molecule has 0 amide bonds. The molecule has 9 nitrogen and oxygen atoms in total. The zero-order chi connectivity index (χ0) is 74.0. The standard InChI is InChI=1S/C58H38N4.C45H29N5/c1-4-15-39(16-5-1)42-19-14-20-45(35-42)53-38-52(59-58(60-53)41-17-6-2-7-18-41)40-27-31-47(32-28-40)62-55-26-13-11-24-49(55)51-37-44(30-34-57(51)62)43-29-33-56-50(36-43)48-23-10-12-25-54(48)61(56)46-21-8-3-9-22-46;1-4-14-30(15-5-1)43-46-44(31-16-6-2-7-17-31)48-45(47-43)50-40-23-13-11-21-36(40)38-29-33(25-27-42(38)50)32-24-26-41-37(28-32)35-20-10-12-22-39(35)49(41)34-18-8-3-9-19-34/h1-38H;1-29H. The van der Waals surface area contributed by atoms with Crippen LogP contribution in [0.25, 0.3) is 200 Å². The van der Waals surface area contributed by atoms with E-state index in [1.807, 2.05) is 84.9 Å². The number of fused-ring (bicyclic) bond motifs is 12. The number of hydrogen-bond donors (Lipinski definition) is 0. The molecule has 0 saturated heterocycles. The van der Waals surface area contributed by atoms with Crippen molar-refractivity contribution in [2.24, 2.45) is 0 Å². The Labute approximate surface area is 645 Å². The van der Waals surface area contributed by atoms with E-state index in [-0.39, 0.29) is 0 Å². The summed E-state index contributed by atoms with van der Waals surface area (Å²) in [6.07, 6.45) is 0. The quantitative estimate of drug-likeness (QED) is 0.122. The van der Waals surface area contributed by atoms with Gasteiger partial charge in [-0.25, -0.2) is 15.0 Å². The van der Waals surface area contributed by atoms with Crippen molar-refractivity contribution in [2.75, 3.05) is 0 Å². The van der Waals surface area contributed by atoms with Gasteiger partial charge in [-0.3, -0.25) is 4.57 Å². The summed E-state index contributed by atoms with van der Waals surface area (Å²) >= 11 is 0. The Morgan fingerprint density at radius 1 is 0.143 bits per heavy atom. The fourth-order valence-corrected chi connectivity index (χ4v) is 16.4. The number of aromatic nitrogens is 9. The zero-order valence-corrected chi connectivity index (χ0v) is 60.7. The minimum atomic E-state index is 0.590. The summed E-state index contributed by atoms with van der Waals surface area (Å²) in [5, 5.41) is 9.71. The number of nitrogens with zero attached hydrogens (tertiary/aromatic N) is 9. The molecule has 0 fully saturated rings. The summed E-state index contributed by atoms with van der Waals surface area (Å²) in [6.45, 7) is 0. The van der Waals surface area contributed by atoms with Gasteiger partial charge in [0.15, 0.2) is 17.5 Å². The van der Waals surface area contributed by atoms with Crippen LogP contribution in [0.5, 0.6) is 0 Å². The van der Waals surface area contributed by atoms with Gasteiger partial charge in [-0.05, 0) is 155 Å². The van der Waals surface area contributed by atoms with Crippen molar-refractivity contribution in [1.82, 2.24) is 43.2 Å². The lowest BCUT2D eigenvalue weighted by Crippen LogP contribution is -2.06. The van der Waals surface area contributed by atoms with Crippen LogP contribution >= 0.6 is 0 Å². The first-order valence-corrected chi connectivity index (χ1v) is 37.9. The Morgan fingerprint density at radius 3 is 0.804 bits per heavy atom. The average Bonchev–Trinajstić information content (AvgIpc) is 1.61. The smallest absolute Gasteiger partial charge is 0.238 e. The maximum atomic E-state index is 5.14. The second kappa shape index (κ2) is 27.5. The molecule has 524 valence electrons. The molecule has 0 aliphatic heterocycles.